The van der Waals surface area contributed by atoms with E-state index in [2.05, 4.69) is 10.4 Å². The van der Waals surface area contributed by atoms with Gasteiger partial charge in [0.05, 0.1) is 17.1 Å². The summed E-state index contributed by atoms with van der Waals surface area (Å²) in [5, 5.41) is 7.07. The maximum absolute atomic E-state index is 11.6. The van der Waals surface area contributed by atoms with Gasteiger partial charge in [0.25, 0.3) is 0 Å². The van der Waals surface area contributed by atoms with Crippen molar-refractivity contribution in [1.29, 1.82) is 0 Å². The van der Waals surface area contributed by atoms with Crippen molar-refractivity contribution in [1.82, 2.24) is 9.78 Å². The van der Waals surface area contributed by atoms with Gasteiger partial charge < -0.3 is 11.1 Å². The first-order valence-corrected chi connectivity index (χ1v) is 4.98. The number of nitrogens with two attached hydrogens (primary N) is 1. The minimum Gasteiger partial charge on any atom is -0.330 e. The average Bonchev–Trinajstić information content (AvgIpc) is 2.43. The molecular weight excluding hydrogens is 192 g/mol. The van der Waals surface area contributed by atoms with E-state index in [0.29, 0.717) is 6.54 Å². The lowest BCUT2D eigenvalue weighted by atomic mass is 10.1. The number of aromatic nitrogens is 2. The van der Waals surface area contributed by atoms with Crippen LogP contribution < -0.4 is 11.1 Å². The van der Waals surface area contributed by atoms with Crippen molar-refractivity contribution in [2.24, 2.45) is 18.7 Å². The van der Waals surface area contributed by atoms with Gasteiger partial charge in [0.15, 0.2) is 0 Å². The van der Waals surface area contributed by atoms with Crippen LogP contribution in [-0.4, -0.2) is 22.2 Å². The molecule has 1 unspecified atom stereocenters. The van der Waals surface area contributed by atoms with Crippen LogP contribution in [0.1, 0.15) is 18.3 Å². The number of nitrogens with one attached hydrogen (secondary N) is 1. The van der Waals surface area contributed by atoms with E-state index in [1.54, 1.807) is 11.6 Å². The van der Waals surface area contributed by atoms with Gasteiger partial charge in [-0.1, -0.05) is 6.92 Å². The van der Waals surface area contributed by atoms with E-state index in [4.69, 9.17) is 5.73 Å². The zero-order valence-electron chi connectivity index (χ0n) is 9.66. The second-order valence-corrected chi connectivity index (χ2v) is 3.80. The molecule has 0 aliphatic carbocycles. The summed E-state index contributed by atoms with van der Waals surface area (Å²) in [6.45, 7) is 5.94. The van der Waals surface area contributed by atoms with Gasteiger partial charge in [-0.15, -0.1) is 0 Å². The molecule has 5 nitrogen and oxygen atoms in total. The summed E-state index contributed by atoms with van der Waals surface area (Å²) >= 11 is 0. The lowest BCUT2D eigenvalue weighted by Gasteiger charge is -2.09. The SMILES string of the molecule is Cc1nn(C)c(C)c1NC(=O)C(C)CN. The fraction of sp³-hybridized carbons (Fsp3) is 0.600. The van der Waals surface area contributed by atoms with Crippen molar-refractivity contribution in [3.05, 3.63) is 11.4 Å². The normalized spacial score (nSPS) is 12.6. The maximum atomic E-state index is 11.6. The Hall–Kier alpha value is -1.36. The van der Waals surface area contributed by atoms with Crippen molar-refractivity contribution in [3.8, 4) is 0 Å². The fourth-order valence-corrected chi connectivity index (χ4v) is 1.31. The molecule has 0 saturated heterocycles. The van der Waals surface area contributed by atoms with E-state index in [-0.39, 0.29) is 11.8 Å². The number of hydrogen-bond acceptors (Lipinski definition) is 3. The van der Waals surface area contributed by atoms with Gasteiger partial charge in [0.1, 0.15) is 0 Å². The van der Waals surface area contributed by atoms with Gasteiger partial charge in [-0.2, -0.15) is 5.10 Å². The first-order valence-electron chi connectivity index (χ1n) is 4.98. The average molecular weight is 210 g/mol. The number of anilines is 1. The Morgan fingerprint density at radius 2 is 2.20 bits per heavy atom. The van der Waals surface area contributed by atoms with Crippen LogP contribution in [0.2, 0.25) is 0 Å². The van der Waals surface area contributed by atoms with Crippen LogP contribution in [-0.2, 0) is 11.8 Å². The Kier molecular flexibility index (Phi) is 3.47. The fourth-order valence-electron chi connectivity index (χ4n) is 1.31. The molecule has 1 amide bonds. The summed E-state index contributed by atoms with van der Waals surface area (Å²) in [6.07, 6.45) is 0. The van der Waals surface area contributed by atoms with Crippen molar-refractivity contribution < 1.29 is 4.79 Å². The van der Waals surface area contributed by atoms with Gasteiger partial charge in [0.2, 0.25) is 5.91 Å². The quantitative estimate of drug-likeness (QED) is 0.766. The van der Waals surface area contributed by atoms with Gasteiger partial charge in [-0.05, 0) is 13.8 Å². The third-order valence-electron chi connectivity index (χ3n) is 2.56. The largest absolute Gasteiger partial charge is 0.330 e. The summed E-state index contributed by atoms with van der Waals surface area (Å²) in [5.74, 6) is -0.235. The van der Waals surface area contributed by atoms with Crippen LogP contribution in [0.3, 0.4) is 0 Å². The highest BCUT2D eigenvalue weighted by Crippen LogP contribution is 2.18. The molecule has 0 bridgehead atoms. The molecule has 0 aromatic carbocycles. The topological polar surface area (TPSA) is 72.9 Å². The third-order valence-corrected chi connectivity index (χ3v) is 2.56. The summed E-state index contributed by atoms with van der Waals surface area (Å²) in [6, 6.07) is 0. The van der Waals surface area contributed by atoms with Crippen LogP contribution in [0.5, 0.6) is 0 Å². The molecular formula is C10H18N4O. The molecule has 0 radical (unpaired) electrons. The standard InChI is InChI=1S/C10H18N4O/c1-6(5-11)10(15)12-9-7(2)13-14(4)8(9)3/h6H,5,11H2,1-4H3,(H,12,15). The summed E-state index contributed by atoms with van der Waals surface area (Å²) in [7, 11) is 1.85. The van der Waals surface area contributed by atoms with Crippen LogP contribution in [0.25, 0.3) is 0 Å². The molecule has 1 aromatic rings. The molecule has 0 aliphatic rings. The van der Waals surface area contributed by atoms with E-state index < -0.39 is 0 Å². The van der Waals surface area contributed by atoms with E-state index >= 15 is 0 Å². The number of aryl methyl sites for hydroxylation is 2. The monoisotopic (exact) mass is 210 g/mol. The van der Waals surface area contributed by atoms with Gasteiger partial charge >= 0.3 is 0 Å². The highest BCUT2D eigenvalue weighted by atomic mass is 16.1. The van der Waals surface area contributed by atoms with E-state index in [9.17, 15) is 4.79 Å². The van der Waals surface area contributed by atoms with E-state index in [1.807, 2.05) is 20.9 Å². The van der Waals surface area contributed by atoms with E-state index in [1.165, 1.54) is 0 Å². The lowest BCUT2D eigenvalue weighted by molar-refractivity contribution is -0.119. The van der Waals surface area contributed by atoms with Crippen molar-refractivity contribution in [2.45, 2.75) is 20.8 Å². The number of amides is 1. The Morgan fingerprint density at radius 3 is 2.60 bits per heavy atom. The molecule has 1 rings (SSSR count). The highest BCUT2D eigenvalue weighted by Gasteiger charge is 2.15. The van der Waals surface area contributed by atoms with Crippen LogP contribution >= 0.6 is 0 Å². The number of hydrogen-bond donors (Lipinski definition) is 2. The summed E-state index contributed by atoms with van der Waals surface area (Å²) < 4.78 is 1.75. The van der Waals surface area contributed by atoms with Crippen LogP contribution in [0.15, 0.2) is 0 Å². The first kappa shape index (κ1) is 11.7. The maximum Gasteiger partial charge on any atom is 0.228 e. The number of carbonyl (C=O) groups is 1. The van der Waals surface area contributed by atoms with Gasteiger partial charge in [-0.25, -0.2) is 0 Å². The second kappa shape index (κ2) is 4.44. The van der Waals surface area contributed by atoms with Crippen LogP contribution in [0, 0.1) is 19.8 Å². The molecule has 0 fully saturated rings. The smallest absolute Gasteiger partial charge is 0.228 e. The molecule has 0 spiro atoms. The molecule has 15 heavy (non-hydrogen) atoms. The molecule has 1 heterocycles. The number of carbonyl (C=O) groups excluding carboxylic acids is 1. The third kappa shape index (κ3) is 2.36. The summed E-state index contributed by atoms with van der Waals surface area (Å²) in [5.41, 5.74) is 8.00. The Balaban J connectivity index is 2.85. The highest BCUT2D eigenvalue weighted by molar-refractivity contribution is 5.93. The molecule has 1 atom stereocenters. The van der Waals surface area contributed by atoms with Crippen LogP contribution in [0.4, 0.5) is 5.69 Å². The predicted octanol–water partition coefficient (Wildman–Crippen LogP) is 0.570. The molecule has 84 valence electrons. The molecule has 0 aliphatic heterocycles. The molecule has 0 saturated carbocycles. The van der Waals surface area contributed by atoms with Gasteiger partial charge in [0, 0.05) is 19.5 Å². The number of rotatable bonds is 3. The number of nitrogens with zero attached hydrogens (tertiary/aromatic N) is 2. The lowest BCUT2D eigenvalue weighted by Crippen LogP contribution is -2.27. The Morgan fingerprint density at radius 1 is 1.60 bits per heavy atom. The molecule has 5 heteroatoms. The first-order chi connectivity index (χ1) is 6.97. The minimum absolute atomic E-state index is 0.0586. The van der Waals surface area contributed by atoms with Crippen molar-refractivity contribution in [3.63, 3.8) is 0 Å². The predicted molar refractivity (Wildman–Crippen MR) is 59.5 cm³/mol. The Labute approximate surface area is 89.6 Å². The van der Waals surface area contributed by atoms with Gasteiger partial charge in [-0.3, -0.25) is 9.48 Å². The van der Waals surface area contributed by atoms with Crippen molar-refractivity contribution >= 4 is 11.6 Å². The molecule has 1 aromatic heterocycles. The zero-order valence-corrected chi connectivity index (χ0v) is 9.66. The van der Waals surface area contributed by atoms with Crippen molar-refractivity contribution in [2.75, 3.05) is 11.9 Å². The second-order valence-electron chi connectivity index (χ2n) is 3.80. The molecule has 3 N–H and O–H groups in total. The summed E-state index contributed by atoms with van der Waals surface area (Å²) in [4.78, 5) is 11.6. The zero-order chi connectivity index (χ0) is 11.6. The minimum atomic E-state index is -0.177. The Bertz CT molecular complexity index is 370. The van der Waals surface area contributed by atoms with E-state index in [0.717, 1.165) is 17.1 Å².